The van der Waals surface area contributed by atoms with E-state index in [0.29, 0.717) is 24.5 Å². The van der Waals surface area contributed by atoms with Crippen LogP contribution in [-0.4, -0.2) is 52.1 Å². The lowest BCUT2D eigenvalue weighted by Gasteiger charge is -2.38. The van der Waals surface area contributed by atoms with E-state index in [2.05, 4.69) is 15.3 Å². The Kier molecular flexibility index (Phi) is 8.90. The van der Waals surface area contributed by atoms with E-state index in [4.69, 9.17) is 9.84 Å². The fourth-order valence-electron chi connectivity index (χ4n) is 4.00. The van der Waals surface area contributed by atoms with Crippen LogP contribution in [0, 0.1) is 0 Å². The first-order valence-corrected chi connectivity index (χ1v) is 11.6. The number of anilines is 2. The SMILES string of the molecule is CC1(C)CCN(C(=O)Nc2cccc(OC[C@@H](O)CO)n2)c2nc(-c3cccc(C(F)(F)F)c3)ccc21.S. The van der Waals surface area contributed by atoms with E-state index in [-0.39, 0.29) is 42.8 Å². The smallest absolute Gasteiger partial charge is 0.416 e. The minimum Gasteiger partial charge on any atom is -0.475 e. The number of alkyl halides is 3. The highest BCUT2D eigenvalue weighted by molar-refractivity contribution is 7.59. The summed E-state index contributed by atoms with van der Waals surface area (Å²) in [6.07, 6.45) is -4.90. The van der Waals surface area contributed by atoms with E-state index < -0.39 is 30.5 Å². The van der Waals surface area contributed by atoms with Gasteiger partial charge in [-0.05, 0) is 36.1 Å². The fraction of sp³-hybridized carbons (Fsp3) is 0.346. The van der Waals surface area contributed by atoms with E-state index in [9.17, 15) is 23.1 Å². The topological polar surface area (TPSA) is 108 Å². The third kappa shape index (κ3) is 6.55. The second-order valence-electron chi connectivity index (χ2n) is 9.37. The number of hydrogen-bond donors (Lipinski definition) is 3. The van der Waals surface area contributed by atoms with E-state index in [1.165, 1.54) is 11.0 Å². The molecule has 4 rings (SSSR count). The first-order chi connectivity index (χ1) is 17.5. The zero-order valence-electron chi connectivity index (χ0n) is 20.8. The standard InChI is InChI=1S/C26H27F3N4O4.H2S/c1-25(2)11-12-33(24(36)32-21-7-4-8-22(31-21)37-15-18(35)14-34)23-19(25)9-10-20(30-23)16-5-3-6-17(13-16)26(27,28)29;/h3-10,13,18,34-35H,11-12,14-15H2,1-2H3,(H,31,32,36);1H2/t18-;/m0./s1. The number of pyridine rings is 2. The quantitative estimate of drug-likeness (QED) is 0.410. The second-order valence-corrected chi connectivity index (χ2v) is 9.37. The van der Waals surface area contributed by atoms with Gasteiger partial charge < -0.3 is 14.9 Å². The van der Waals surface area contributed by atoms with Crippen molar-refractivity contribution in [1.82, 2.24) is 9.97 Å². The molecule has 12 heteroatoms. The van der Waals surface area contributed by atoms with Crippen molar-refractivity contribution in [2.24, 2.45) is 0 Å². The minimum atomic E-state index is -4.49. The summed E-state index contributed by atoms with van der Waals surface area (Å²) in [5.41, 5.74) is 0.325. The molecule has 1 aliphatic rings. The van der Waals surface area contributed by atoms with E-state index in [0.717, 1.165) is 17.7 Å². The fourth-order valence-corrected chi connectivity index (χ4v) is 4.00. The number of aliphatic hydroxyl groups excluding tert-OH is 2. The maximum atomic E-state index is 13.3. The molecular formula is C26H29F3N4O4S. The number of urea groups is 1. The van der Waals surface area contributed by atoms with Gasteiger partial charge in [-0.25, -0.2) is 9.78 Å². The lowest BCUT2D eigenvalue weighted by atomic mass is 9.79. The largest absolute Gasteiger partial charge is 0.475 e. The molecule has 3 heterocycles. The van der Waals surface area contributed by atoms with Gasteiger partial charge in [0, 0.05) is 23.7 Å². The molecule has 0 aliphatic carbocycles. The number of nitrogens with zero attached hydrogens (tertiary/aromatic N) is 3. The zero-order valence-corrected chi connectivity index (χ0v) is 21.8. The van der Waals surface area contributed by atoms with Crippen LogP contribution in [0.3, 0.4) is 0 Å². The van der Waals surface area contributed by atoms with Crippen LogP contribution in [0.15, 0.2) is 54.6 Å². The van der Waals surface area contributed by atoms with Gasteiger partial charge >= 0.3 is 12.2 Å². The summed E-state index contributed by atoms with van der Waals surface area (Å²) in [5, 5.41) is 21.1. The van der Waals surface area contributed by atoms with Crippen LogP contribution in [0.5, 0.6) is 5.88 Å². The summed E-state index contributed by atoms with van der Waals surface area (Å²) < 4.78 is 45.1. The van der Waals surface area contributed by atoms with Gasteiger partial charge in [0.05, 0.1) is 17.9 Å². The number of nitrogens with one attached hydrogen (secondary N) is 1. The molecule has 8 nitrogen and oxygen atoms in total. The van der Waals surface area contributed by atoms with Crippen molar-refractivity contribution in [1.29, 1.82) is 0 Å². The highest BCUT2D eigenvalue weighted by Crippen LogP contribution is 2.40. The zero-order chi connectivity index (χ0) is 26.8. The summed E-state index contributed by atoms with van der Waals surface area (Å²) in [5.74, 6) is 0.707. The normalized spacial score (nSPS) is 15.2. The highest BCUT2D eigenvalue weighted by atomic mass is 32.1. The van der Waals surface area contributed by atoms with Crippen molar-refractivity contribution < 1.29 is 32.9 Å². The predicted molar refractivity (Wildman–Crippen MR) is 142 cm³/mol. The molecule has 204 valence electrons. The van der Waals surface area contributed by atoms with Crippen LogP contribution in [0.1, 0.15) is 31.4 Å². The van der Waals surface area contributed by atoms with E-state index in [1.54, 1.807) is 36.4 Å². The molecule has 0 saturated carbocycles. The van der Waals surface area contributed by atoms with E-state index >= 15 is 0 Å². The number of fused-ring (bicyclic) bond motifs is 1. The molecule has 1 aliphatic heterocycles. The molecule has 0 spiro atoms. The lowest BCUT2D eigenvalue weighted by Crippen LogP contribution is -2.44. The molecule has 0 fully saturated rings. The predicted octanol–water partition coefficient (Wildman–Crippen LogP) is 4.73. The van der Waals surface area contributed by atoms with Gasteiger partial charge in [0.2, 0.25) is 5.88 Å². The van der Waals surface area contributed by atoms with Gasteiger partial charge in [-0.1, -0.05) is 38.1 Å². The maximum Gasteiger partial charge on any atom is 0.416 e. The Bertz CT molecular complexity index is 1290. The molecular weight excluding hydrogens is 521 g/mol. The first-order valence-electron chi connectivity index (χ1n) is 11.6. The van der Waals surface area contributed by atoms with Gasteiger partial charge in [0.25, 0.3) is 0 Å². The lowest BCUT2D eigenvalue weighted by molar-refractivity contribution is -0.137. The average Bonchev–Trinajstić information content (AvgIpc) is 2.86. The Morgan fingerprint density at radius 1 is 1.16 bits per heavy atom. The van der Waals surface area contributed by atoms with Crippen molar-refractivity contribution in [2.75, 3.05) is 30.0 Å². The number of rotatable bonds is 6. The number of aromatic nitrogens is 2. The molecule has 0 radical (unpaired) electrons. The Morgan fingerprint density at radius 3 is 2.61 bits per heavy atom. The molecule has 1 atom stereocenters. The molecule has 0 saturated heterocycles. The molecule has 1 aromatic carbocycles. The summed E-state index contributed by atoms with van der Waals surface area (Å²) >= 11 is 0. The summed E-state index contributed by atoms with van der Waals surface area (Å²) in [6, 6.07) is 12.6. The van der Waals surface area contributed by atoms with Gasteiger partial charge in [-0.15, -0.1) is 0 Å². The van der Waals surface area contributed by atoms with E-state index in [1.807, 2.05) is 13.8 Å². The van der Waals surface area contributed by atoms with Crippen LogP contribution in [0.25, 0.3) is 11.3 Å². The van der Waals surface area contributed by atoms with Crippen molar-refractivity contribution in [3.63, 3.8) is 0 Å². The molecule has 2 aromatic heterocycles. The number of benzene rings is 1. The third-order valence-corrected chi connectivity index (χ3v) is 6.14. The van der Waals surface area contributed by atoms with Crippen LogP contribution in [0.2, 0.25) is 0 Å². The van der Waals surface area contributed by atoms with Crippen LogP contribution < -0.4 is 15.0 Å². The summed E-state index contributed by atoms with van der Waals surface area (Å²) in [6.45, 7) is 3.75. The molecule has 38 heavy (non-hydrogen) atoms. The minimum absolute atomic E-state index is 0. The molecule has 3 aromatic rings. The van der Waals surface area contributed by atoms with Crippen LogP contribution in [-0.2, 0) is 11.6 Å². The summed E-state index contributed by atoms with van der Waals surface area (Å²) in [7, 11) is 0. The Hall–Kier alpha value is -3.35. The number of ether oxygens (including phenoxy) is 1. The highest BCUT2D eigenvalue weighted by Gasteiger charge is 2.36. The Morgan fingerprint density at radius 2 is 1.89 bits per heavy atom. The number of amides is 2. The average molecular weight is 551 g/mol. The van der Waals surface area contributed by atoms with Crippen LogP contribution in [0.4, 0.5) is 29.6 Å². The molecule has 0 unspecified atom stereocenters. The van der Waals surface area contributed by atoms with Crippen molar-refractivity contribution in [3.05, 3.63) is 65.7 Å². The molecule has 3 N–H and O–H groups in total. The maximum absolute atomic E-state index is 13.3. The third-order valence-electron chi connectivity index (χ3n) is 6.14. The molecule has 2 amide bonds. The molecule has 0 bridgehead atoms. The first kappa shape index (κ1) is 29.2. The summed E-state index contributed by atoms with van der Waals surface area (Å²) in [4.78, 5) is 23.5. The number of aliphatic hydroxyl groups is 2. The Labute approximate surface area is 224 Å². The van der Waals surface area contributed by atoms with Crippen molar-refractivity contribution >= 4 is 31.2 Å². The number of hydrogen-bond acceptors (Lipinski definition) is 6. The van der Waals surface area contributed by atoms with Gasteiger partial charge in [0.15, 0.2) is 0 Å². The second kappa shape index (κ2) is 11.6. The van der Waals surface area contributed by atoms with Gasteiger partial charge in [-0.2, -0.15) is 31.7 Å². The van der Waals surface area contributed by atoms with Gasteiger partial charge in [0.1, 0.15) is 24.3 Å². The monoisotopic (exact) mass is 550 g/mol. The van der Waals surface area contributed by atoms with Crippen molar-refractivity contribution in [3.8, 4) is 17.1 Å². The Balaban J connectivity index is 0.00000400. The number of carbonyl (C=O) groups excluding carboxylic acids is 1. The van der Waals surface area contributed by atoms with Crippen LogP contribution >= 0.6 is 13.5 Å². The number of carbonyl (C=O) groups is 1. The number of halogens is 3. The van der Waals surface area contributed by atoms with Gasteiger partial charge in [-0.3, -0.25) is 10.2 Å². The van der Waals surface area contributed by atoms with Crippen molar-refractivity contribution in [2.45, 2.75) is 38.0 Å².